The summed E-state index contributed by atoms with van der Waals surface area (Å²) in [5, 5.41) is 0. The van der Waals surface area contributed by atoms with Gasteiger partial charge in [-0.05, 0) is 43.5 Å². The van der Waals surface area contributed by atoms with Gasteiger partial charge in [-0.15, -0.1) is 0 Å². The lowest BCUT2D eigenvalue weighted by Crippen LogP contribution is -2.12. The molecule has 3 nitrogen and oxygen atoms in total. The Hall–Kier alpha value is -2.03. The molecule has 0 saturated heterocycles. The fraction of sp³-hybridized carbons (Fsp3) is 0.312. The summed E-state index contributed by atoms with van der Waals surface area (Å²) in [5.41, 5.74) is 4.02. The second kappa shape index (κ2) is 5.31. The highest BCUT2D eigenvalue weighted by molar-refractivity contribution is 5.97. The van der Waals surface area contributed by atoms with E-state index >= 15 is 0 Å². The zero-order valence-corrected chi connectivity index (χ0v) is 11.9. The predicted octanol–water partition coefficient (Wildman–Crippen LogP) is 3.21. The van der Waals surface area contributed by atoms with Gasteiger partial charge in [0.1, 0.15) is 5.75 Å². The van der Waals surface area contributed by atoms with Crippen LogP contribution in [0.25, 0.3) is 0 Å². The Morgan fingerprint density at radius 1 is 1.16 bits per heavy atom. The first-order valence-electron chi connectivity index (χ1n) is 6.34. The third kappa shape index (κ3) is 2.87. The normalized spacial score (nSPS) is 10.5. The molecule has 1 aromatic carbocycles. The first-order chi connectivity index (χ1) is 8.99. The van der Waals surface area contributed by atoms with Crippen LogP contribution in [-0.2, 0) is 7.05 Å². The highest BCUT2D eigenvalue weighted by Gasteiger charge is 2.11. The van der Waals surface area contributed by atoms with Gasteiger partial charge in [0.25, 0.3) is 0 Å². The van der Waals surface area contributed by atoms with Gasteiger partial charge in [-0.3, -0.25) is 4.79 Å². The molecule has 2 rings (SSSR count). The molecule has 0 saturated carbocycles. The van der Waals surface area contributed by atoms with Crippen molar-refractivity contribution in [1.29, 1.82) is 0 Å². The van der Waals surface area contributed by atoms with Crippen LogP contribution in [0.4, 0.5) is 0 Å². The second-order valence-corrected chi connectivity index (χ2v) is 4.93. The lowest BCUT2D eigenvalue weighted by Gasteiger charge is -2.13. The quantitative estimate of drug-likeness (QED) is 0.787. The third-order valence-corrected chi connectivity index (χ3v) is 3.38. The Kier molecular flexibility index (Phi) is 3.74. The van der Waals surface area contributed by atoms with Crippen molar-refractivity contribution < 1.29 is 9.53 Å². The van der Waals surface area contributed by atoms with Crippen molar-refractivity contribution >= 4 is 5.78 Å². The summed E-state index contributed by atoms with van der Waals surface area (Å²) in [6.45, 7) is 6.13. The van der Waals surface area contributed by atoms with Crippen molar-refractivity contribution in [3.05, 3.63) is 52.8 Å². The molecular formula is C16H19NO2. The van der Waals surface area contributed by atoms with Gasteiger partial charge in [0.15, 0.2) is 6.61 Å². The van der Waals surface area contributed by atoms with E-state index in [0.717, 1.165) is 16.9 Å². The van der Waals surface area contributed by atoms with Gasteiger partial charge in [0.05, 0.1) is 0 Å². The van der Waals surface area contributed by atoms with Crippen LogP contribution in [0.1, 0.15) is 27.0 Å². The van der Waals surface area contributed by atoms with E-state index in [4.69, 9.17) is 4.74 Å². The van der Waals surface area contributed by atoms with E-state index in [9.17, 15) is 4.79 Å². The number of hydrogen-bond acceptors (Lipinski definition) is 2. The van der Waals surface area contributed by atoms with Crippen LogP contribution in [0.15, 0.2) is 30.6 Å². The number of benzene rings is 1. The molecule has 0 amide bonds. The van der Waals surface area contributed by atoms with E-state index in [1.807, 2.05) is 56.9 Å². The van der Waals surface area contributed by atoms with Crippen molar-refractivity contribution in [2.45, 2.75) is 20.8 Å². The maximum atomic E-state index is 12.0. The van der Waals surface area contributed by atoms with Crippen LogP contribution in [0.3, 0.4) is 0 Å². The summed E-state index contributed by atoms with van der Waals surface area (Å²) in [6, 6.07) is 5.89. The zero-order valence-electron chi connectivity index (χ0n) is 11.9. The van der Waals surface area contributed by atoms with Gasteiger partial charge in [0.2, 0.25) is 5.78 Å². The molecule has 0 aliphatic carbocycles. The number of carbonyl (C=O) groups is 1. The van der Waals surface area contributed by atoms with Gasteiger partial charge in [-0.2, -0.15) is 0 Å². The lowest BCUT2D eigenvalue weighted by molar-refractivity contribution is 0.0920. The van der Waals surface area contributed by atoms with Gasteiger partial charge in [0, 0.05) is 25.0 Å². The Morgan fingerprint density at radius 2 is 1.84 bits per heavy atom. The largest absolute Gasteiger partial charge is 0.485 e. The van der Waals surface area contributed by atoms with Crippen LogP contribution in [0.2, 0.25) is 0 Å². The number of nitrogens with zero attached hydrogens (tertiary/aromatic N) is 1. The van der Waals surface area contributed by atoms with E-state index in [1.165, 1.54) is 5.56 Å². The van der Waals surface area contributed by atoms with Crippen LogP contribution in [0.5, 0.6) is 5.75 Å². The summed E-state index contributed by atoms with van der Waals surface area (Å²) < 4.78 is 7.57. The highest BCUT2D eigenvalue weighted by Crippen LogP contribution is 2.25. The lowest BCUT2D eigenvalue weighted by atomic mass is 10.1. The van der Waals surface area contributed by atoms with E-state index in [1.54, 1.807) is 0 Å². The fourth-order valence-corrected chi connectivity index (χ4v) is 2.04. The number of hydrogen-bond donors (Lipinski definition) is 0. The molecule has 2 aromatic rings. The van der Waals surface area contributed by atoms with Crippen molar-refractivity contribution in [3.63, 3.8) is 0 Å². The molecule has 100 valence electrons. The molecule has 19 heavy (non-hydrogen) atoms. The smallest absolute Gasteiger partial charge is 0.201 e. The van der Waals surface area contributed by atoms with Gasteiger partial charge in [-0.1, -0.05) is 12.1 Å². The Morgan fingerprint density at radius 3 is 2.47 bits per heavy atom. The third-order valence-electron chi connectivity index (χ3n) is 3.38. The minimum absolute atomic E-state index is 0.000839. The predicted molar refractivity (Wildman–Crippen MR) is 75.9 cm³/mol. The van der Waals surface area contributed by atoms with Crippen molar-refractivity contribution in [2.75, 3.05) is 6.61 Å². The Labute approximate surface area is 113 Å². The van der Waals surface area contributed by atoms with Gasteiger partial charge in [-0.25, -0.2) is 0 Å². The molecule has 3 heteroatoms. The topological polar surface area (TPSA) is 31.2 Å². The minimum Gasteiger partial charge on any atom is -0.485 e. The highest BCUT2D eigenvalue weighted by atomic mass is 16.5. The number of rotatable bonds is 4. The van der Waals surface area contributed by atoms with Gasteiger partial charge < -0.3 is 9.30 Å². The number of Topliss-reactive ketones (excluding diaryl/α,β-unsaturated/α-hetero) is 1. The summed E-state index contributed by atoms with van der Waals surface area (Å²) in [6.07, 6.45) is 3.66. The molecule has 0 spiro atoms. The van der Waals surface area contributed by atoms with Crippen molar-refractivity contribution in [2.24, 2.45) is 7.05 Å². The fourth-order valence-electron chi connectivity index (χ4n) is 2.04. The van der Waals surface area contributed by atoms with E-state index in [2.05, 4.69) is 6.07 Å². The summed E-state index contributed by atoms with van der Waals surface area (Å²) in [7, 11) is 1.90. The average Bonchev–Trinajstić information content (AvgIpc) is 2.80. The van der Waals surface area contributed by atoms with E-state index < -0.39 is 0 Å². The monoisotopic (exact) mass is 257 g/mol. The minimum atomic E-state index is 0.000839. The maximum Gasteiger partial charge on any atom is 0.201 e. The molecule has 1 heterocycles. The molecule has 1 aromatic heterocycles. The second-order valence-electron chi connectivity index (χ2n) is 4.93. The van der Waals surface area contributed by atoms with Crippen LogP contribution < -0.4 is 4.74 Å². The average molecular weight is 257 g/mol. The number of aryl methyl sites for hydroxylation is 3. The zero-order chi connectivity index (χ0) is 14.0. The number of ketones is 1. The first-order valence-corrected chi connectivity index (χ1v) is 6.34. The summed E-state index contributed by atoms with van der Waals surface area (Å²) in [5.74, 6) is 0.824. The molecule has 0 N–H and O–H groups in total. The molecule has 0 atom stereocenters. The van der Waals surface area contributed by atoms with Crippen LogP contribution in [-0.4, -0.2) is 17.0 Å². The number of carbonyl (C=O) groups excluding carboxylic acids is 1. The van der Waals surface area contributed by atoms with Crippen molar-refractivity contribution in [1.82, 2.24) is 4.57 Å². The molecule has 0 radical (unpaired) electrons. The molecule has 0 unspecified atom stereocenters. The molecule has 0 aliphatic heterocycles. The standard InChI is InChI=1S/C16H19NO2/c1-11-5-6-12(2)16(13(11)3)19-10-15(18)14-7-8-17(4)9-14/h5-9H,10H2,1-4H3. The molecule has 0 aliphatic rings. The van der Waals surface area contributed by atoms with Crippen LogP contribution in [0, 0.1) is 20.8 Å². The number of aromatic nitrogens is 1. The number of ether oxygens (including phenoxy) is 1. The van der Waals surface area contributed by atoms with E-state index in [0.29, 0.717) is 5.56 Å². The van der Waals surface area contributed by atoms with Crippen molar-refractivity contribution in [3.8, 4) is 5.75 Å². The van der Waals surface area contributed by atoms with Gasteiger partial charge >= 0.3 is 0 Å². The molecular weight excluding hydrogens is 238 g/mol. The Bertz CT molecular complexity index is 611. The Balaban J connectivity index is 2.11. The summed E-state index contributed by atoms with van der Waals surface area (Å²) >= 11 is 0. The van der Waals surface area contributed by atoms with E-state index in [-0.39, 0.29) is 12.4 Å². The maximum absolute atomic E-state index is 12.0. The first kappa shape index (κ1) is 13.4. The molecule has 0 bridgehead atoms. The SMILES string of the molecule is Cc1ccc(C)c(OCC(=O)c2ccn(C)c2)c1C. The van der Waals surface area contributed by atoms with Crippen LogP contribution >= 0.6 is 0 Å². The summed E-state index contributed by atoms with van der Waals surface area (Å²) in [4.78, 5) is 12.0. The molecule has 0 fully saturated rings.